The van der Waals surface area contributed by atoms with Gasteiger partial charge in [-0.1, -0.05) is 35.9 Å². The molecular weight excluding hydrogens is 352 g/mol. The van der Waals surface area contributed by atoms with Gasteiger partial charge in [-0.3, -0.25) is 4.79 Å². The third-order valence-electron chi connectivity index (χ3n) is 4.04. The van der Waals surface area contributed by atoms with Crippen LogP contribution in [0.3, 0.4) is 0 Å². The second-order valence-corrected chi connectivity index (χ2v) is 6.23. The van der Waals surface area contributed by atoms with Crippen molar-refractivity contribution in [2.24, 2.45) is 9.98 Å². The number of hydrogen-bond donors (Lipinski definition) is 0. The van der Waals surface area contributed by atoms with Crippen LogP contribution in [0.15, 0.2) is 82.2 Å². The highest BCUT2D eigenvalue weighted by Crippen LogP contribution is 2.23. The van der Waals surface area contributed by atoms with E-state index in [1.807, 2.05) is 29.2 Å². The van der Waals surface area contributed by atoms with Crippen molar-refractivity contribution in [2.75, 3.05) is 0 Å². The Bertz CT molecular complexity index is 1010. The van der Waals surface area contributed by atoms with E-state index in [2.05, 4.69) is 9.98 Å². The maximum Gasteiger partial charge on any atom is 0.279 e. The van der Waals surface area contributed by atoms with Crippen molar-refractivity contribution in [1.82, 2.24) is 4.90 Å². The van der Waals surface area contributed by atoms with Crippen molar-refractivity contribution in [3.63, 3.8) is 0 Å². The predicted octanol–water partition coefficient (Wildman–Crippen LogP) is 2.77. The molecule has 0 radical (unpaired) electrons. The Balaban J connectivity index is 1.80. The molecule has 1 aromatic heterocycles. The van der Waals surface area contributed by atoms with Crippen molar-refractivity contribution in [3.8, 4) is 0 Å². The molecule has 2 aliphatic rings. The topological polar surface area (TPSA) is 72.0 Å². The summed E-state index contributed by atoms with van der Waals surface area (Å²) in [6.07, 6.45) is 7.86. The normalized spacial score (nSPS) is 17.1. The minimum atomic E-state index is -0.457. The van der Waals surface area contributed by atoms with E-state index in [4.69, 9.17) is 11.6 Å². The summed E-state index contributed by atoms with van der Waals surface area (Å²) in [6, 6.07) is 10.5. The van der Waals surface area contributed by atoms with E-state index in [0.29, 0.717) is 33.5 Å². The molecule has 1 amide bonds. The zero-order valence-electron chi connectivity index (χ0n) is 13.5. The molecular formula is C19H13ClN4O2. The van der Waals surface area contributed by atoms with Gasteiger partial charge in [-0.15, -0.1) is 0 Å². The molecule has 0 saturated carbocycles. The van der Waals surface area contributed by atoms with Crippen LogP contribution in [0.4, 0.5) is 0 Å². The summed E-state index contributed by atoms with van der Waals surface area (Å²) in [5, 5.41) is 11.8. The maximum absolute atomic E-state index is 12.5. The van der Waals surface area contributed by atoms with Gasteiger partial charge in [0, 0.05) is 30.4 Å². The Morgan fingerprint density at radius 1 is 1.19 bits per heavy atom. The Morgan fingerprint density at radius 3 is 2.77 bits per heavy atom. The average molecular weight is 365 g/mol. The Kier molecular flexibility index (Phi) is 4.10. The van der Waals surface area contributed by atoms with E-state index in [1.54, 1.807) is 18.4 Å². The number of pyridine rings is 1. The highest BCUT2D eigenvalue weighted by molar-refractivity contribution is 6.32. The van der Waals surface area contributed by atoms with Crippen molar-refractivity contribution < 1.29 is 9.52 Å². The van der Waals surface area contributed by atoms with E-state index < -0.39 is 5.91 Å². The molecule has 0 saturated heterocycles. The molecule has 0 spiro atoms. The summed E-state index contributed by atoms with van der Waals surface area (Å²) < 4.78 is 0.617. The number of aromatic nitrogens is 1. The van der Waals surface area contributed by atoms with E-state index in [1.165, 1.54) is 24.5 Å². The molecule has 1 aromatic carbocycles. The fourth-order valence-corrected chi connectivity index (χ4v) is 2.95. The first kappa shape index (κ1) is 16.2. The number of nitrogens with zero attached hydrogens (tertiary/aromatic N) is 4. The summed E-state index contributed by atoms with van der Waals surface area (Å²) in [5.41, 5.74) is 2.10. The molecule has 0 fully saturated rings. The van der Waals surface area contributed by atoms with Gasteiger partial charge in [-0.05, 0) is 17.7 Å². The van der Waals surface area contributed by atoms with Crippen LogP contribution in [0.5, 0.6) is 0 Å². The van der Waals surface area contributed by atoms with Crippen LogP contribution >= 0.6 is 11.6 Å². The molecule has 0 N–H and O–H groups in total. The molecule has 26 heavy (non-hydrogen) atoms. The third kappa shape index (κ3) is 3.14. The first-order chi connectivity index (χ1) is 12.6. The zero-order chi connectivity index (χ0) is 18.1. The largest absolute Gasteiger partial charge is 0.619 e. The number of carbonyl (C=O) groups is 1. The van der Waals surface area contributed by atoms with E-state index >= 15 is 0 Å². The first-order valence-electron chi connectivity index (χ1n) is 7.91. The number of allylic oxidation sites excluding steroid dienone is 2. The second kappa shape index (κ2) is 6.57. The third-order valence-corrected chi connectivity index (χ3v) is 4.26. The summed E-state index contributed by atoms with van der Waals surface area (Å²) in [5.74, 6) is 0.530. The molecule has 4 rings (SSSR count). The van der Waals surface area contributed by atoms with Gasteiger partial charge >= 0.3 is 0 Å². The molecule has 0 unspecified atom stereocenters. The second-order valence-electron chi connectivity index (χ2n) is 5.79. The number of amidine groups is 2. The summed E-state index contributed by atoms with van der Waals surface area (Å²) >= 11 is 6.10. The summed E-state index contributed by atoms with van der Waals surface area (Å²) in [7, 11) is 0. The van der Waals surface area contributed by atoms with Crippen LogP contribution in [-0.2, 0) is 6.54 Å². The van der Waals surface area contributed by atoms with Gasteiger partial charge in [0.05, 0.1) is 10.6 Å². The predicted molar refractivity (Wildman–Crippen MR) is 98.8 cm³/mol. The van der Waals surface area contributed by atoms with Gasteiger partial charge in [0.25, 0.3) is 5.91 Å². The fraction of sp³-hybridized carbons (Fsp3) is 0.0526. The molecule has 6 nitrogen and oxygen atoms in total. The van der Waals surface area contributed by atoms with Crippen LogP contribution in [0.2, 0.25) is 0 Å². The van der Waals surface area contributed by atoms with Gasteiger partial charge in [0.2, 0.25) is 0 Å². The standard InChI is InChI=1S/C19H13ClN4O2/c20-15-5-6-17-21-18(22-19(25)13-7-9-24(26)10-8-13)16-4-2-1-3-14(16)11-23(17)12-15/h1-10,12H,11H2. The van der Waals surface area contributed by atoms with E-state index in [0.717, 1.165) is 11.1 Å². The smallest absolute Gasteiger partial charge is 0.279 e. The minimum absolute atomic E-state index is 0.325. The Hall–Kier alpha value is -3.25. The van der Waals surface area contributed by atoms with Crippen LogP contribution in [-0.4, -0.2) is 22.5 Å². The first-order valence-corrected chi connectivity index (χ1v) is 8.29. The van der Waals surface area contributed by atoms with Crippen LogP contribution in [0.25, 0.3) is 0 Å². The number of benzene rings is 1. The average Bonchev–Trinajstić information content (AvgIpc) is 2.78. The quantitative estimate of drug-likeness (QED) is 0.577. The lowest BCUT2D eigenvalue weighted by Crippen LogP contribution is -2.25. The molecule has 7 heteroatoms. The lowest BCUT2D eigenvalue weighted by atomic mass is 10.1. The summed E-state index contributed by atoms with van der Waals surface area (Å²) in [4.78, 5) is 23.2. The van der Waals surface area contributed by atoms with Gasteiger partial charge in [-0.2, -0.15) is 9.72 Å². The molecule has 0 atom stereocenters. The SMILES string of the molecule is O=C(N=C1N=C2C=CC(Cl)=CN2Cc2ccccc21)c1cc[n+]([O-])cc1. The van der Waals surface area contributed by atoms with E-state index in [-0.39, 0.29) is 0 Å². The Labute approximate surface area is 154 Å². The van der Waals surface area contributed by atoms with Gasteiger partial charge in [0.1, 0.15) is 5.84 Å². The van der Waals surface area contributed by atoms with E-state index in [9.17, 15) is 10.0 Å². The number of carbonyl (C=O) groups excluding carboxylic acids is 1. The maximum atomic E-state index is 12.5. The number of aliphatic imine (C=N–C) groups is 2. The van der Waals surface area contributed by atoms with Crippen LogP contribution < -0.4 is 4.73 Å². The monoisotopic (exact) mass is 364 g/mol. The molecule has 3 heterocycles. The zero-order valence-corrected chi connectivity index (χ0v) is 14.3. The summed E-state index contributed by atoms with van der Waals surface area (Å²) in [6.45, 7) is 0.574. The van der Waals surface area contributed by atoms with Crippen LogP contribution in [0, 0.1) is 5.21 Å². The fourth-order valence-electron chi connectivity index (χ4n) is 2.77. The number of halogens is 1. The number of rotatable bonds is 1. The van der Waals surface area contributed by atoms with Crippen LogP contribution in [0.1, 0.15) is 21.5 Å². The van der Waals surface area contributed by atoms with Gasteiger partial charge in [0.15, 0.2) is 18.2 Å². The van der Waals surface area contributed by atoms with Crippen molar-refractivity contribution in [3.05, 3.63) is 94.1 Å². The number of amides is 1. The Morgan fingerprint density at radius 2 is 1.96 bits per heavy atom. The lowest BCUT2D eigenvalue weighted by molar-refractivity contribution is -0.605. The molecule has 2 aromatic rings. The number of hydrogen-bond acceptors (Lipinski definition) is 3. The molecule has 2 aliphatic heterocycles. The lowest BCUT2D eigenvalue weighted by Gasteiger charge is -2.21. The number of fused-ring (bicyclic) bond motifs is 2. The molecule has 0 bridgehead atoms. The van der Waals surface area contributed by atoms with Crippen molar-refractivity contribution >= 4 is 29.2 Å². The molecule has 0 aliphatic carbocycles. The van der Waals surface area contributed by atoms with Gasteiger partial charge < -0.3 is 10.1 Å². The minimum Gasteiger partial charge on any atom is -0.619 e. The van der Waals surface area contributed by atoms with Gasteiger partial charge in [-0.25, -0.2) is 4.99 Å². The molecule has 128 valence electrons. The highest BCUT2D eigenvalue weighted by atomic mass is 35.5. The van der Waals surface area contributed by atoms with Crippen molar-refractivity contribution in [2.45, 2.75) is 6.54 Å². The van der Waals surface area contributed by atoms with Crippen molar-refractivity contribution in [1.29, 1.82) is 0 Å². The highest BCUT2D eigenvalue weighted by Gasteiger charge is 2.22.